The van der Waals surface area contributed by atoms with Crippen molar-refractivity contribution in [1.82, 2.24) is 15.5 Å². The van der Waals surface area contributed by atoms with Crippen molar-refractivity contribution in [1.29, 1.82) is 0 Å². The van der Waals surface area contributed by atoms with Crippen LogP contribution in [0.1, 0.15) is 57.7 Å². The number of amides is 2. The zero-order chi connectivity index (χ0) is 30.0. The van der Waals surface area contributed by atoms with Gasteiger partial charge in [-0.05, 0) is 81.1 Å². The van der Waals surface area contributed by atoms with Gasteiger partial charge in [-0.2, -0.15) is 0 Å². The number of carbonyl (C=O) groups is 2. The van der Waals surface area contributed by atoms with Crippen LogP contribution in [0.25, 0.3) is 0 Å². The highest BCUT2D eigenvalue weighted by Crippen LogP contribution is 2.18. The smallest absolute Gasteiger partial charge is 0.243 e. The van der Waals surface area contributed by atoms with E-state index in [4.69, 9.17) is 4.74 Å². The fourth-order valence-electron chi connectivity index (χ4n) is 4.55. The lowest BCUT2D eigenvalue weighted by molar-refractivity contribution is -0.132. The second-order valence-corrected chi connectivity index (χ2v) is 12.1. The van der Waals surface area contributed by atoms with Crippen LogP contribution in [-0.2, 0) is 29.2 Å². The van der Waals surface area contributed by atoms with Crippen molar-refractivity contribution in [3.63, 3.8) is 0 Å². The molecule has 3 aromatic rings. The molecule has 0 saturated heterocycles. The lowest BCUT2D eigenvalue weighted by atomic mass is 9.99. The number of nitrogens with zero attached hydrogens (tertiary/aromatic N) is 1. The third kappa shape index (κ3) is 11.0. The van der Waals surface area contributed by atoms with Gasteiger partial charge in [-0.15, -0.1) is 0 Å². The third-order valence-electron chi connectivity index (χ3n) is 6.62. The fraction of sp³-hybridized carbons (Fsp3) is 0.412. The first-order chi connectivity index (χ1) is 19.4. The highest BCUT2D eigenvalue weighted by Gasteiger charge is 2.30. The zero-order valence-electron chi connectivity index (χ0n) is 25.1. The first-order valence-electron chi connectivity index (χ1n) is 14.2. The molecule has 41 heavy (non-hydrogen) atoms. The summed E-state index contributed by atoms with van der Waals surface area (Å²) < 4.78 is 19.3. The molecule has 0 fully saturated rings. The molecule has 0 aliphatic carbocycles. The Hall–Kier alpha value is -3.71. The van der Waals surface area contributed by atoms with Crippen LogP contribution in [0.2, 0.25) is 0 Å². The molecule has 3 rings (SSSR count). The number of hydrogen-bond acceptors (Lipinski definition) is 4. The van der Waals surface area contributed by atoms with Crippen LogP contribution in [0, 0.1) is 11.7 Å². The zero-order valence-corrected chi connectivity index (χ0v) is 25.1. The van der Waals surface area contributed by atoms with Gasteiger partial charge in [0.25, 0.3) is 0 Å². The number of hydrogen-bond donors (Lipinski definition) is 2. The van der Waals surface area contributed by atoms with E-state index < -0.39 is 17.6 Å². The molecule has 0 aliphatic heterocycles. The molecule has 0 saturated carbocycles. The summed E-state index contributed by atoms with van der Waals surface area (Å²) in [5.41, 5.74) is 2.45. The first-order valence-corrected chi connectivity index (χ1v) is 14.2. The quantitative estimate of drug-likeness (QED) is 0.273. The van der Waals surface area contributed by atoms with Crippen molar-refractivity contribution in [2.24, 2.45) is 5.92 Å². The van der Waals surface area contributed by atoms with E-state index >= 15 is 0 Å². The maximum Gasteiger partial charge on any atom is 0.243 e. The minimum Gasteiger partial charge on any atom is -0.489 e. The maximum absolute atomic E-state index is 13.7. The van der Waals surface area contributed by atoms with Crippen LogP contribution in [0.3, 0.4) is 0 Å². The minimum absolute atomic E-state index is 0.208. The topological polar surface area (TPSA) is 70.7 Å². The summed E-state index contributed by atoms with van der Waals surface area (Å²) in [7, 11) is 1.88. The monoisotopic (exact) mass is 561 g/mol. The lowest BCUT2D eigenvalue weighted by Gasteiger charge is -2.31. The molecule has 220 valence electrons. The van der Waals surface area contributed by atoms with E-state index in [9.17, 15) is 14.0 Å². The van der Waals surface area contributed by atoms with Gasteiger partial charge in [-0.1, -0.05) is 68.4 Å². The van der Waals surface area contributed by atoms with Crippen molar-refractivity contribution in [2.45, 2.75) is 78.2 Å². The van der Waals surface area contributed by atoms with Gasteiger partial charge >= 0.3 is 0 Å². The molecule has 2 atom stereocenters. The highest BCUT2D eigenvalue weighted by molar-refractivity contribution is 5.90. The van der Waals surface area contributed by atoms with Crippen LogP contribution in [0.15, 0.2) is 78.9 Å². The Balaban J connectivity index is 1.73. The maximum atomic E-state index is 13.7. The standard InChI is InChI=1S/C34H44FN3O3/c1-24(2)20-31(38(6)22-26-12-16-28(35)17-13-26)33(40)36-30(32(39)37-34(3,4)5)21-25-14-18-29(19-15-25)41-23-27-10-8-7-9-11-27/h7-19,24,30-31H,20-23H2,1-6H3,(H,36,40)(H,37,39)/t30-,31+/m0/s1. The van der Waals surface area contributed by atoms with Crippen molar-refractivity contribution in [2.75, 3.05) is 7.05 Å². The van der Waals surface area contributed by atoms with Gasteiger partial charge in [-0.3, -0.25) is 14.5 Å². The lowest BCUT2D eigenvalue weighted by Crippen LogP contribution is -2.56. The molecular formula is C34H44FN3O3. The second-order valence-electron chi connectivity index (χ2n) is 12.1. The molecule has 0 heterocycles. The number of likely N-dealkylation sites (N-methyl/N-ethyl adjacent to an activating group) is 1. The normalized spacial score (nSPS) is 13.1. The molecular weight excluding hydrogens is 517 g/mol. The van der Waals surface area contributed by atoms with Crippen molar-refractivity contribution in [3.05, 3.63) is 101 Å². The van der Waals surface area contributed by atoms with Gasteiger partial charge in [0, 0.05) is 18.5 Å². The van der Waals surface area contributed by atoms with Crippen LogP contribution in [0.4, 0.5) is 4.39 Å². The van der Waals surface area contributed by atoms with Gasteiger partial charge in [-0.25, -0.2) is 4.39 Å². The highest BCUT2D eigenvalue weighted by atomic mass is 19.1. The van der Waals surface area contributed by atoms with E-state index in [0.717, 1.165) is 22.4 Å². The second kappa shape index (κ2) is 14.8. The molecule has 0 radical (unpaired) electrons. The number of carbonyl (C=O) groups excluding carboxylic acids is 2. The summed E-state index contributed by atoms with van der Waals surface area (Å²) in [4.78, 5) is 29.0. The SMILES string of the molecule is CC(C)C[C@H](C(=O)N[C@@H](Cc1ccc(OCc2ccccc2)cc1)C(=O)NC(C)(C)C)N(C)Cc1ccc(F)cc1. The molecule has 0 bridgehead atoms. The van der Waals surface area contributed by atoms with Gasteiger partial charge in [0.1, 0.15) is 24.2 Å². The number of rotatable bonds is 13. The number of halogens is 1. The molecule has 0 spiro atoms. The Kier molecular flexibility index (Phi) is 11.5. The van der Waals surface area contributed by atoms with Crippen molar-refractivity contribution < 1.29 is 18.7 Å². The Morgan fingerprint density at radius 3 is 2.05 bits per heavy atom. The van der Waals surface area contributed by atoms with Gasteiger partial charge in [0.05, 0.1) is 6.04 Å². The van der Waals surface area contributed by atoms with Crippen LogP contribution in [0.5, 0.6) is 5.75 Å². The summed E-state index contributed by atoms with van der Waals surface area (Å²) in [6.07, 6.45) is 0.952. The number of ether oxygens (including phenoxy) is 1. The van der Waals surface area contributed by atoms with E-state index in [1.165, 1.54) is 12.1 Å². The Morgan fingerprint density at radius 2 is 1.46 bits per heavy atom. The molecule has 0 aliphatic rings. The van der Waals surface area contributed by atoms with Crippen molar-refractivity contribution in [3.8, 4) is 5.75 Å². The first kappa shape index (κ1) is 31.8. The summed E-state index contributed by atoms with van der Waals surface area (Å²) in [6.45, 7) is 10.8. The minimum atomic E-state index is -0.758. The third-order valence-corrected chi connectivity index (χ3v) is 6.62. The summed E-state index contributed by atoms with van der Waals surface area (Å²) >= 11 is 0. The summed E-state index contributed by atoms with van der Waals surface area (Å²) in [5, 5.41) is 6.07. The molecule has 2 N–H and O–H groups in total. The van der Waals surface area contributed by atoms with Crippen LogP contribution >= 0.6 is 0 Å². The Morgan fingerprint density at radius 1 is 0.854 bits per heavy atom. The average molecular weight is 562 g/mol. The fourth-order valence-corrected chi connectivity index (χ4v) is 4.55. The summed E-state index contributed by atoms with van der Waals surface area (Å²) in [5.74, 6) is 0.250. The van der Waals surface area contributed by atoms with Crippen molar-refractivity contribution >= 4 is 11.8 Å². The summed E-state index contributed by atoms with van der Waals surface area (Å²) in [6, 6.07) is 22.7. The Bertz CT molecular complexity index is 1240. The van der Waals surface area contributed by atoms with Gasteiger partial charge in [0.15, 0.2) is 0 Å². The van der Waals surface area contributed by atoms with Gasteiger partial charge in [0.2, 0.25) is 11.8 Å². The number of nitrogens with one attached hydrogen (secondary N) is 2. The number of benzene rings is 3. The van der Waals surface area contributed by atoms with E-state index in [1.54, 1.807) is 12.1 Å². The van der Waals surface area contributed by atoms with Crippen LogP contribution < -0.4 is 15.4 Å². The molecule has 0 aromatic heterocycles. The van der Waals surface area contributed by atoms with Gasteiger partial charge < -0.3 is 15.4 Å². The molecule has 0 unspecified atom stereocenters. The van der Waals surface area contributed by atoms with E-state index in [-0.39, 0.29) is 23.5 Å². The average Bonchev–Trinajstić information content (AvgIpc) is 2.91. The molecule has 6 nitrogen and oxygen atoms in total. The predicted molar refractivity (Wildman–Crippen MR) is 162 cm³/mol. The molecule has 7 heteroatoms. The largest absolute Gasteiger partial charge is 0.489 e. The van der Waals surface area contributed by atoms with E-state index in [2.05, 4.69) is 24.5 Å². The van der Waals surface area contributed by atoms with E-state index in [0.29, 0.717) is 26.0 Å². The Labute approximate surface area is 244 Å². The van der Waals surface area contributed by atoms with Crippen LogP contribution in [-0.4, -0.2) is 41.4 Å². The molecule has 3 aromatic carbocycles. The van der Waals surface area contributed by atoms with E-state index in [1.807, 2.05) is 87.3 Å². The predicted octanol–water partition coefficient (Wildman–Crippen LogP) is 5.89. The molecule has 2 amide bonds.